The Morgan fingerprint density at radius 3 is 2.06 bits per heavy atom. The summed E-state index contributed by atoms with van der Waals surface area (Å²) >= 11 is 0. The van der Waals surface area contributed by atoms with Gasteiger partial charge in [-0.2, -0.15) is 0 Å². The summed E-state index contributed by atoms with van der Waals surface area (Å²) < 4.78 is 0. The third-order valence-electron chi connectivity index (χ3n) is 4.85. The van der Waals surface area contributed by atoms with Gasteiger partial charge in [0.05, 0.1) is 0 Å². The molecular formula is C15H27NO. The van der Waals surface area contributed by atoms with E-state index in [0.717, 1.165) is 37.8 Å². The Bertz CT molecular complexity index is 280. The molecule has 1 aliphatic carbocycles. The van der Waals surface area contributed by atoms with Crippen molar-refractivity contribution in [1.29, 1.82) is 0 Å². The smallest absolute Gasteiger partial charge is 0.225 e. The van der Waals surface area contributed by atoms with E-state index in [-0.39, 0.29) is 0 Å². The second-order valence-corrected chi connectivity index (χ2v) is 7.09. The van der Waals surface area contributed by atoms with Crippen LogP contribution in [0.1, 0.15) is 53.4 Å². The average molecular weight is 237 g/mol. The number of piperidine rings is 1. The SMILES string of the molecule is CC(C1CCN(C(=O)C2CC2)CC1)C(C)(C)C. The van der Waals surface area contributed by atoms with E-state index in [2.05, 4.69) is 32.6 Å². The van der Waals surface area contributed by atoms with E-state index in [1.54, 1.807) is 0 Å². The van der Waals surface area contributed by atoms with Crippen molar-refractivity contribution in [2.45, 2.75) is 53.4 Å². The number of carbonyl (C=O) groups is 1. The molecule has 1 heterocycles. The highest BCUT2D eigenvalue weighted by atomic mass is 16.2. The van der Waals surface area contributed by atoms with Crippen molar-refractivity contribution in [3.8, 4) is 0 Å². The first-order valence-corrected chi connectivity index (χ1v) is 7.18. The van der Waals surface area contributed by atoms with Gasteiger partial charge in [0.2, 0.25) is 5.91 Å². The lowest BCUT2D eigenvalue weighted by molar-refractivity contribution is -0.134. The number of hydrogen-bond donors (Lipinski definition) is 0. The van der Waals surface area contributed by atoms with Crippen molar-refractivity contribution in [2.24, 2.45) is 23.2 Å². The van der Waals surface area contributed by atoms with Gasteiger partial charge in [-0.25, -0.2) is 0 Å². The van der Waals surface area contributed by atoms with Gasteiger partial charge in [0.1, 0.15) is 0 Å². The standard InChI is InChI=1S/C15H27NO/c1-11(15(2,3)4)12-7-9-16(10-8-12)14(17)13-5-6-13/h11-13H,5-10H2,1-4H3. The molecule has 1 saturated heterocycles. The fourth-order valence-corrected chi connectivity index (χ4v) is 2.92. The molecule has 0 bridgehead atoms. The molecule has 98 valence electrons. The summed E-state index contributed by atoms with van der Waals surface area (Å²) in [5.74, 6) is 2.39. The number of carbonyl (C=O) groups excluding carboxylic acids is 1. The topological polar surface area (TPSA) is 20.3 Å². The normalized spacial score (nSPS) is 24.8. The fraction of sp³-hybridized carbons (Fsp3) is 0.933. The van der Waals surface area contributed by atoms with Gasteiger partial charge < -0.3 is 4.90 Å². The lowest BCUT2D eigenvalue weighted by Gasteiger charge is -2.40. The summed E-state index contributed by atoms with van der Waals surface area (Å²) in [7, 11) is 0. The number of hydrogen-bond acceptors (Lipinski definition) is 1. The Morgan fingerprint density at radius 2 is 1.65 bits per heavy atom. The Labute approximate surface area is 106 Å². The molecule has 0 aromatic heterocycles. The highest BCUT2D eigenvalue weighted by Gasteiger charge is 2.37. The molecule has 1 unspecified atom stereocenters. The molecule has 0 aromatic rings. The Hall–Kier alpha value is -0.530. The molecule has 2 fully saturated rings. The first-order valence-electron chi connectivity index (χ1n) is 7.18. The van der Waals surface area contributed by atoms with E-state index in [4.69, 9.17) is 0 Å². The summed E-state index contributed by atoms with van der Waals surface area (Å²) in [6.45, 7) is 11.4. The Morgan fingerprint density at radius 1 is 1.12 bits per heavy atom. The maximum Gasteiger partial charge on any atom is 0.225 e. The molecule has 17 heavy (non-hydrogen) atoms. The monoisotopic (exact) mass is 237 g/mol. The third kappa shape index (κ3) is 3.02. The van der Waals surface area contributed by atoms with E-state index in [9.17, 15) is 4.79 Å². The third-order valence-corrected chi connectivity index (χ3v) is 4.85. The van der Waals surface area contributed by atoms with Gasteiger partial charge in [-0.05, 0) is 42.9 Å². The molecule has 2 nitrogen and oxygen atoms in total. The Balaban J connectivity index is 1.83. The predicted molar refractivity (Wildman–Crippen MR) is 70.6 cm³/mol. The second-order valence-electron chi connectivity index (χ2n) is 7.09. The van der Waals surface area contributed by atoms with E-state index < -0.39 is 0 Å². The highest BCUT2D eigenvalue weighted by molar-refractivity contribution is 5.81. The van der Waals surface area contributed by atoms with E-state index in [1.165, 1.54) is 12.8 Å². The molecule has 2 heteroatoms. The predicted octanol–water partition coefficient (Wildman–Crippen LogP) is 3.32. The summed E-state index contributed by atoms with van der Waals surface area (Å²) in [6.07, 6.45) is 4.68. The molecule has 1 atom stereocenters. The maximum atomic E-state index is 12.0. The molecule has 1 saturated carbocycles. The van der Waals surface area contributed by atoms with Crippen LogP contribution in [0.25, 0.3) is 0 Å². The van der Waals surface area contributed by atoms with Crippen molar-refractivity contribution in [3.05, 3.63) is 0 Å². The van der Waals surface area contributed by atoms with Crippen LogP contribution in [-0.2, 0) is 4.79 Å². The fourth-order valence-electron chi connectivity index (χ4n) is 2.92. The van der Waals surface area contributed by atoms with Crippen molar-refractivity contribution in [1.82, 2.24) is 4.90 Å². The van der Waals surface area contributed by atoms with Crippen LogP contribution in [0.15, 0.2) is 0 Å². The van der Waals surface area contributed by atoms with Crippen LogP contribution < -0.4 is 0 Å². The molecular weight excluding hydrogens is 210 g/mol. The minimum atomic E-state index is 0.395. The van der Waals surface area contributed by atoms with Crippen LogP contribution in [0.3, 0.4) is 0 Å². The quantitative estimate of drug-likeness (QED) is 0.721. The van der Waals surface area contributed by atoms with Gasteiger partial charge in [0.25, 0.3) is 0 Å². The molecule has 1 amide bonds. The molecule has 0 N–H and O–H groups in total. The zero-order valence-electron chi connectivity index (χ0n) is 11.8. The molecule has 0 aromatic carbocycles. The van der Waals surface area contributed by atoms with E-state index in [0.29, 0.717) is 17.2 Å². The van der Waals surface area contributed by atoms with Crippen LogP contribution in [0.4, 0.5) is 0 Å². The van der Waals surface area contributed by atoms with Gasteiger partial charge >= 0.3 is 0 Å². The van der Waals surface area contributed by atoms with Crippen molar-refractivity contribution in [3.63, 3.8) is 0 Å². The maximum absolute atomic E-state index is 12.0. The van der Waals surface area contributed by atoms with Crippen molar-refractivity contribution in [2.75, 3.05) is 13.1 Å². The van der Waals surface area contributed by atoms with Crippen LogP contribution in [-0.4, -0.2) is 23.9 Å². The van der Waals surface area contributed by atoms with Crippen molar-refractivity contribution < 1.29 is 4.79 Å². The van der Waals surface area contributed by atoms with Crippen molar-refractivity contribution >= 4 is 5.91 Å². The molecule has 2 rings (SSSR count). The molecule has 1 aliphatic heterocycles. The van der Waals surface area contributed by atoms with Gasteiger partial charge in [0, 0.05) is 19.0 Å². The summed E-state index contributed by atoms with van der Waals surface area (Å²) in [5, 5.41) is 0. The lowest BCUT2D eigenvalue weighted by Crippen LogP contribution is -2.42. The molecule has 0 radical (unpaired) electrons. The van der Waals surface area contributed by atoms with E-state index in [1.807, 2.05) is 0 Å². The van der Waals surface area contributed by atoms with Crippen LogP contribution in [0.2, 0.25) is 0 Å². The Kier molecular flexibility index (Phi) is 3.51. The lowest BCUT2D eigenvalue weighted by atomic mass is 9.71. The van der Waals surface area contributed by atoms with Crippen LogP contribution >= 0.6 is 0 Å². The number of nitrogens with zero attached hydrogens (tertiary/aromatic N) is 1. The summed E-state index contributed by atoms with van der Waals surface area (Å²) in [6, 6.07) is 0. The summed E-state index contributed by atoms with van der Waals surface area (Å²) in [5.41, 5.74) is 0.396. The number of likely N-dealkylation sites (tertiary alicyclic amines) is 1. The average Bonchev–Trinajstić information content (AvgIpc) is 3.10. The number of amides is 1. The summed E-state index contributed by atoms with van der Waals surface area (Å²) in [4.78, 5) is 14.1. The van der Waals surface area contributed by atoms with Crippen LogP contribution in [0, 0.1) is 23.2 Å². The molecule has 0 spiro atoms. The van der Waals surface area contributed by atoms with E-state index >= 15 is 0 Å². The minimum absolute atomic E-state index is 0.395. The largest absolute Gasteiger partial charge is 0.342 e. The van der Waals surface area contributed by atoms with Gasteiger partial charge in [-0.15, -0.1) is 0 Å². The first kappa shape index (κ1) is 12.9. The number of rotatable bonds is 2. The van der Waals surface area contributed by atoms with Gasteiger partial charge in [0.15, 0.2) is 0 Å². The zero-order valence-corrected chi connectivity index (χ0v) is 11.8. The molecule has 2 aliphatic rings. The van der Waals surface area contributed by atoms with Crippen LogP contribution in [0.5, 0.6) is 0 Å². The zero-order chi connectivity index (χ0) is 12.6. The van der Waals surface area contributed by atoms with Gasteiger partial charge in [-0.1, -0.05) is 27.7 Å². The van der Waals surface area contributed by atoms with Gasteiger partial charge in [-0.3, -0.25) is 4.79 Å². The minimum Gasteiger partial charge on any atom is -0.342 e. The second kappa shape index (κ2) is 4.62. The first-order chi connectivity index (χ1) is 7.89. The highest BCUT2D eigenvalue weighted by Crippen LogP contribution is 2.38.